The first-order valence-corrected chi connectivity index (χ1v) is 9.62. The van der Waals surface area contributed by atoms with Gasteiger partial charge in [-0.25, -0.2) is 9.37 Å². The molecule has 0 aliphatic carbocycles. The molecule has 1 aromatic heterocycles. The van der Waals surface area contributed by atoms with Crippen LogP contribution in [0, 0.1) is 5.82 Å². The third-order valence-electron chi connectivity index (χ3n) is 4.28. The fourth-order valence-corrected chi connectivity index (χ4v) is 3.46. The van der Waals surface area contributed by atoms with E-state index in [0.29, 0.717) is 22.1 Å². The van der Waals surface area contributed by atoms with Crippen LogP contribution in [0.25, 0.3) is 11.4 Å². The number of benzene rings is 2. The molecule has 0 aliphatic heterocycles. The Hall–Kier alpha value is -2.47. The number of nitrogens with one attached hydrogen (secondary N) is 1. The first-order chi connectivity index (χ1) is 12.8. The summed E-state index contributed by atoms with van der Waals surface area (Å²) in [5.41, 5.74) is 2.24. The number of Topliss-reactive ketones (excluding diaryl/α,β-unsaturated/α-hetero) is 1. The van der Waals surface area contributed by atoms with E-state index in [9.17, 15) is 9.18 Å². The number of nitrogens with zero attached hydrogens (tertiary/aromatic N) is 2. The molecule has 0 aliphatic rings. The molecule has 1 N–H and O–H groups in total. The standard InChI is InChI=1S/C21H22FN3OS/c1-13(18(26)14-9-11-15(12-10-14)21(2,3)4)27-20-23-19(24-25-20)16-7-5-6-8-17(16)22/h5-13H,1-4H3,(H,23,24,25)/t13-/m0/s1. The SMILES string of the molecule is C[C@H](Sc1n[nH]c(-c2ccccc2F)n1)C(=O)c1ccc(C(C)(C)C)cc1. The molecular weight excluding hydrogens is 361 g/mol. The lowest BCUT2D eigenvalue weighted by molar-refractivity contribution is 0.0994. The minimum atomic E-state index is -0.367. The predicted molar refractivity (Wildman–Crippen MR) is 107 cm³/mol. The molecule has 1 heterocycles. The smallest absolute Gasteiger partial charge is 0.209 e. The van der Waals surface area contributed by atoms with Gasteiger partial charge in [-0.3, -0.25) is 9.89 Å². The molecule has 0 unspecified atom stereocenters. The van der Waals surface area contributed by atoms with Crippen molar-refractivity contribution in [1.82, 2.24) is 15.2 Å². The quantitative estimate of drug-likeness (QED) is 0.481. The number of ketones is 1. The van der Waals surface area contributed by atoms with E-state index >= 15 is 0 Å². The van der Waals surface area contributed by atoms with E-state index in [4.69, 9.17) is 0 Å². The van der Waals surface area contributed by atoms with Crippen LogP contribution in [0.5, 0.6) is 0 Å². The maximum absolute atomic E-state index is 13.9. The summed E-state index contributed by atoms with van der Waals surface area (Å²) in [5, 5.41) is 6.91. The number of thioether (sulfide) groups is 1. The third kappa shape index (κ3) is 4.45. The molecule has 1 atom stereocenters. The van der Waals surface area contributed by atoms with Crippen molar-refractivity contribution in [3.63, 3.8) is 0 Å². The molecule has 0 amide bonds. The van der Waals surface area contributed by atoms with Crippen LogP contribution in [0.15, 0.2) is 53.7 Å². The molecule has 27 heavy (non-hydrogen) atoms. The monoisotopic (exact) mass is 383 g/mol. The zero-order valence-electron chi connectivity index (χ0n) is 15.8. The van der Waals surface area contributed by atoms with Crippen molar-refractivity contribution in [2.75, 3.05) is 0 Å². The van der Waals surface area contributed by atoms with E-state index in [-0.39, 0.29) is 22.3 Å². The maximum atomic E-state index is 13.9. The Morgan fingerprint density at radius 1 is 1.11 bits per heavy atom. The van der Waals surface area contributed by atoms with E-state index in [0.717, 1.165) is 0 Å². The molecule has 3 rings (SSSR count). The van der Waals surface area contributed by atoms with Crippen molar-refractivity contribution in [1.29, 1.82) is 0 Å². The predicted octanol–water partition coefficient (Wildman–Crippen LogP) is 5.27. The highest BCUT2D eigenvalue weighted by atomic mass is 32.2. The lowest BCUT2D eigenvalue weighted by Crippen LogP contribution is -2.15. The topological polar surface area (TPSA) is 58.6 Å². The molecule has 4 nitrogen and oxygen atoms in total. The lowest BCUT2D eigenvalue weighted by atomic mass is 9.86. The Balaban J connectivity index is 1.71. The third-order valence-corrected chi connectivity index (χ3v) is 5.24. The van der Waals surface area contributed by atoms with Crippen LogP contribution in [-0.2, 0) is 5.41 Å². The van der Waals surface area contributed by atoms with Gasteiger partial charge in [-0.1, -0.05) is 68.9 Å². The number of carbonyl (C=O) groups is 1. The number of hydrogen-bond acceptors (Lipinski definition) is 4. The van der Waals surface area contributed by atoms with Crippen molar-refractivity contribution < 1.29 is 9.18 Å². The highest BCUT2D eigenvalue weighted by Gasteiger charge is 2.20. The van der Waals surface area contributed by atoms with Gasteiger partial charge in [-0.15, -0.1) is 5.10 Å². The zero-order chi connectivity index (χ0) is 19.6. The van der Waals surface area contributed by atoms with Crippen LogP contribution in [0.1, 0.15) is 43.6 Å². The number of hydrogen-bond donors (Lipinski definition) is 1. The highest BCUT2D eigenvalue weighted by molar-refractivity contribution is 8.00. The molecule has 0 radical (unpaired) electrons. The highest BCUT2D eigenvalue weighted by Crippen LogP contribution is 2.27. The number of aromatic nitrogens is 3. The van der Waals surface area contributed by atoms with E-state index in [2.05, 4.69) is 36.0 Å². The Kier molecular flexibility index (Phi) is 5.46. The molecule has 2 aromatic carbocycles. The summed E-state index contributed by atoms with van der Waals surface area (Å²) in [4.78, 5) is 17.0. The van der Waals surface area contributed by atoms with Gasteiger partial charge in [0.1, 0.15) is 5.82 Å². The lowest BCUT2D eigenvalue weighted by Gasteiger charge is -2.19. The van der Waals surface area contributed by atoms with Crippen LogP contribution in [0.4, 0.5) is 4.39 Å². The van der Waals surface area contributed by atoms with Crippen molar-refractivity contribution in [3.8, 4) is 11.4 Å². The van der Waals surface area contributed by atoms with Crippen LogP contribution in [-0.4, -0.2) is 26.2 Å². The Morgan fingerprint density at radius 3 is 2.41 bits per heavy atom. The molecule has 0 saturated heterocycles. The van der Waals surface area contributed by atoms with Gasteiger partial charge in [0.05, 0.1) is 10.8 Å². The number of H-pyrrole nitrogens is 1. The van der Waals surface area contributed by atoms with Gasteiger partial charge in [0.2, 0.25) is 5.16 Å². The number of carbonyl (C=O) groups excluding carboxylic acids is 1. The number of rotatable bonds is 5. The molecular formula is C21H22FN3OS. The minimum absolute atomic E-state index is 0.0118. The summed E-state index contributed by atoms with van der Waals surface area (Å²) in [6, 6.07) is 14.1. The minimum Gasteiger partial charge on any atom is -0.293 e. The van der Waals surface area contributed by atoms with Gasteiger partial charge in [-0.2, -0.15) is 0 Å². The van der Waals surface area contributed by atoms with E-state index in [1.165, 1.54) is 23.4 Å². The zero-order valence-corrected chi connectivity index (χ0v) is 16.6. The van der Waals surface area contributed by atoms with Crippen molar-refractivity contribution in [3.05, 3.63) is 65.5 Å². The van der Waals surface area contributed by atoms with Crippen LogP contribution in [0.3, 0.4) is 0 Å². The number of halogens is 1. The van der Waals surface area contributed by atoms with Gasteiger partial charge in [0, 0.05) is 5.56 Å². The molecule has 0 fully saturated rings. The van der Waals surface area contributed by atoms with Crippen molar-refractivity contribution in [2.45, 2.75) is 43.5 Å². The maximum Gasteiger partial charge on any atom is 0.209 e. The second kappa shape index (κ2) is 7.64. The molecule has 0 saturated carbocycles. The first-order valence-electron chi connectivity index (χ1n) is 8.74. The van der Waals surface area contributed by atoms with Crippen molar-refractivity contribution in [2.24, 2.45) is 0 Å². The van der Waals surface area contributed by atoms with Crippen molar-refractivity contribution >= 4 is 17.5 Å². The van der Waals surface area contributed by atoms with E-state index < -0.39 is 0 Å². The Labute approximate surface area is 162 Å². The van der Waals surface area contributed by atoms with Crippen LogP contribution in [0.2, 0.25) is 0 Å². The van der Waals surface area contributed by atoms with Gasteiger partial charge in [-0.05, 0) is 30.0 Å². The fraction of sp³-hybridized carbons (Fsp3) is 0.286. The first kappa shape index (κ1) is 19.3. The summed E-state index contributed by atoms with van der Waals surface area (Å²) in [6.07, 6.45) is 0. The summed E-state index contributed by atoms with van der Waals surface area (Å²) in [5.74, 6) is -0.00394. The Morgan fingerprint density at radius 2 is 1.78 bits per heavy atom. The summed E-state index contributed by atoms with van der Waals surface area (Å²) < 4.78 is 13.9. The summed E-state index contributed by atoms with van der Waals surface area (Å²) in [7, 11) is 0. The molecule has 0 spiro atoms. The second-order valence-corrected chi connectivity index (χ2v) is 8.71. The largest absolute Gasteiger partial charge is 0.293 e. The number of aromatic amines is 1. The average Bonchev–Trinajstić information content (AvgIpc) is 3.09. The molecule has 6 heteroatoms. The van der Waals surface area contributed by atoms with Gasteiger partial charge in [0.25, 0.3) is 0 Å². The molecule has 0 bridgehead atoms. The fourth-order valence-electron chi connectivity index (χ4n) is 2.65. The molecule has 3 aromatic rings. The normalized spacial score (nSPS) is 12.8. The van der Waals surface area contributed by atoms with Gasteiger partial charge >= 0.3 is 0 Å². The van der Waals surface area contributed by atoms with Crippen LogP contribution >= 0.6 is 11.8 Å². The van der Waals surface area contributed by atoms with Crippen LogP contribution < -0.4 is 0 Å². The van der Waals surface area contributed by atoms with Gasteiger partial charge in [0.15, 0.2) is 11.6 Å². The average molecular weight is 383 g/mol. The van der Waals surface area contributed by atoms with E-state index in [1.54, 1.807) is 18.2 Å². The summed E-state index contributed by atoms with van der Waals surface area (Å²) >= 11 is 1.25. The van der Waals surface area contributed by atoms with Gasteiger partial charge < -0.3 is 0 Å². The second-order valence-electron chi connectivity index (χ2n) is 7.40. The molecule has 140 valence electrons. The Bertz CT molecular complexity index is 945. The van der Waals surface area contributed by atoms with E-state index in [1.807, 2.05) is 31.2 Å². The summed E-state index contributed by atoms with van der Waals surface area (Å²) in [6.45, 7) is 8.24.